The molecule has 0 radical (unpaired) electrons. The summed E-state index contributed by atoms with van der Waals surface area (Å²) < 4.78 is 7.37. The topological polar surface area (TPSA) is 62.5 Å². The number of pyridine rings is 1. The van der Waals surface area contributed by atoms with Crippen molar-refractivity contribution in [3.8, 4) is 17.2 Å². The molecular formula is C28H27ClN4O2S. The van der Waals surface area contributed by atoms with Gasteiger partial charge < -0.3 is 24.6 Å². The fourth-order valence-electron chi connectivity index (χ4n) is 4.98. The molecule has 6 nitrogen and oxygen atoms in total. The summed E-state index contributed by atoms with van der Waals surface area (Å²) in [6.07, 6.45) is 1.80. The van der Waals surface area contributed by atoms with E-state index in [9.17, 15) is 5.11 Å². The zero-order valence-corrected chi connectivity index (χ0v) is 21.8. The van der Waals surface area contributed by atoms with E-state index >= 15 is 0 Å². The summed E-state index contributed by atoms with van der Waals surface area (Å²) in [5.74, 6) is 0.984. The minimum atomic E-state index is -0.140. The van der Waals surface area contributed by atoms with Gasteiger partial charge in [-0.25, -0.2) is 0 Å². The maximum absolute atomic E-state index is 10.6. The van der Waals surface area contributed by atoms with Crippen molar-refractivity contribution in [1.29, 1.82) is 0 Å². The van der Waals surface area contributed by atoms with Crippen molar-refractivity contribution in [2.75, 3.05) is 7.11 Å². The fraction of sp³-hybridized carbons (Fsp3) is 0.214. The van der Waals surface area contributed by atoms with Crippen LogP contribution in [0, 0.1) is 13.8 Å². The Hall–Kier alpha value is -3.55. The van der Waals surface area contributed by atoms with Crippen LogP contribution in [0.3, 0.4) is 0 Å². The zero-order chi connectivity index (χ0) is 25.4. The normalized spacial score (nSPS) is 17.3. The second-order valence-corrected chi connectivity index (χ2v) is 9.72. The van der Waals surface area contributed by atoms with Crippen LogP contribution in [-0.4, -0.2) is 31.8 Å². The fourth-order valence-corrected chi connectivity index (χ4v) is 5.45. The molecule has 2 aromatic heterocycles. The SMILES string of the molecule is COc1ccc(CN2C(=S)N[C@H](c3ccccn3)[C@H]2c2cc(C)n(-c3cc(Cl)ccc3O)c2C)cc1. The van der Waals surface area contributed by atoms with E-state index in [0.29, 0.717) is 22.4 Å². The third kappa shape index (κ3) is 4.40. The number of aromatic hydroxyl groups is 1. The summed E-state index contributed by atoms with van der Waals surface area (Å²) >= 11 is 12.1. The average Bonchev–Trinajstić information content (AvgIpc) is 3.36. The highest BCUT2D eigenvalue weighted by Gasteiger charge is 2.41. The first kappa shape index (κ1) is 24.2. The molecule has 8 heteroatoms. The van der Waals surface area contributed by atoms with Gasteiger partial charge in [0.25, 0.3) is 0 Å². The van der Waals surface area contributed by atoms with Crippen molar-refractivity contribution in [1.82, 2.24) is 19.8 Å². The number of nitrogens with one attached hydrogen (secondary N) is 1. The van der Waals surface area contributed by atoms with Crippen molar-refractivity contribution in [2.45, 2.75) is 32.5 Å². The summed E-state index contributed by atoms with van der Waals surface area (Å²) in [5.41, 5.74) is 5.77. The Labute approximate surface area is 221 Å². The van der Waals surface area contributed by atoms with Crippen LogP contribution in [0.5, 0.6) is 11.5 Å². The molecular weight excluding hydrogens is 492 g/mol. The van der Waals surface area contributed by atoms with Crippen molar-refractivity contribution in [2.24, 2.45) is 0 Å². The van der Waals surface area contributed by atoms with Gasteiger partial charge >= 0.3 is 0 Å². The Morgan fingerprint density at radius 3 is 2.56 bits per heavy atom. The van der Waals surface area contributed by atoms with Gasteiger partial charge in [-0.05, 0) is 85.7 Å². The van der Waals surface area contributed by atoms with Crippen molar-refractivity contribution >= 4 is 28.9 Å². The number of phenols is 1. The van der Waals surface area contributed by atoms with Crippen LogP contribution in [-0.2, 0) is 6.54 Å². The number of methoxy groups -OCH3 is 1. The highest BCUT2D eigenvalue weighted by atomic mass is 35.5. The van der Waals surface area contributed by atoms with E-state index in [1.54, 1.807) is 31.5 Å². The third-order valence-electron chi connectivity index (χ3n) is 6.68. The van der Waals surface area contributed by atoms with E-state index < -0.39 is 0 Å². The lowest BCUT2D eigenvalue weighted by Gasteiger charge is -2.28. The van der Waals surface area contributed by atoms with E-state index in [4.69, 9.17) is 28.6 Å². The van der Waals surface area contributed by atoms with E-state index in [-0.39, 0.29) is 17.8 Å². The molecule has 2 N–H and O–H groups in total. The van der Waals surface area contributed by atoms with Crippen LogP contribution in [0.15, 0.2) is 72.9 Å². The van der Waals surface area contributed by atoms with Crippen LogP contribution in [0.25, 0.3) is 5.69 Å². The van der Waals surface area contributed by atoms with Crippen LogP contribution < -0.4 is 10.1 Å². The number of nitrogens with zero attached hydrogens (tertiary/aromatic N) is 3. The van der Waals surface area contributed by atoms with Gasteiger partial charge in [0.05, 0.1) is 30.6 Å². The van der Waals surface area contributed by atoms with Gasteiger partial charge in [0.15, 0.2) is 5.11 Å². The first-order valence-electron chi connectivity index (χ1n) is 11.7. The lowest BCUT2D eigenvalue weighted by Crippen LogP contribution is -2.29. The van der Waals surface area contributed by atoms with Gasteiger partial charge in [0.2, 0.25) is 0 Å². The molecule has 1 aliphatic rings. The molecule has 2 aromatic carbocycles. The maximum Gasteiger partial charge on any atom is 0.170 e. The number of hydrogen-bond acceptors (Lipinski definition) is 4. The molecule has 2 atom stereocenters. The molecule has 36 heavy (non-hydrogen) atoms. The minimum absolute atomic E-state index is 0.115. The molecule has 0 aliphatic carbocycles. The molecule has 1 fully saturated rings. The quantitative estimate of drug-likeness (QED) is 0.304. The summed E-state index contributed by atoms with van der Waals surface area (Å²) in [6.45, 7) is 4.71. The van der Waals surface area contributed by atoms with Gasteiger partial charge in [0, 0.05) is 29.2 Å². The molecule has 184 valence electrons. The van der Waals surface area contributed by atoms with Gasteiger partial charge in [-0.3, -0.25) is 4.98 Å². The van der Waals surface area contributed by atoms with Crippen molar-refractivity contribution in [3.63, 3.8) is 0 Å². The number of phenolic OH excluding ortho intramolecular Hbond substituents is 1. The van der Waals surface area contributed by atoms with Crippen LogP contribution in [0.4, 0.5) is 0 Å². The molecule has 3 heterocycles. The standard InChI is InChI=1S/C28H27ClN4O2S/c1-17-14-22(18(2)33(17)24-15-20(29)9-12-25(24)34)27-26(23-6-4-5-13-30-23)31-28(36)32(27)16-19-7-10-21(35-3)11-8-19/h4-15,26-27,34H,16H2,1-3H3,(H,31,36)/t26-,27-/m1/s1. The Morgan fingerprint density at radius 2 is 1.86 bits per heavy atom. The van der Waals surface area contributed by atoms with E-state index in [0.717, 1.165) is 34.0 Å². The molecule has 0 unspecified atom stereocenters. The first-order valence-corrected chi connectivity index (χ1v) is 12.4. The van der Waals surface area contributed by atoms with Crippen molar-refractivity contribution < 1.29 is 9.84 Å². The molecule has 4 aromatic rings. The molecule has 0 saturated carbocycles. The number of ether oxygens (including phenoxy) is 1. The number of halogens is 1. The number of benzene rings is 2. The second kappa shape index (κ2) is 9.84. The summed E-state index contributed by atoms with van der Waals surface area (Å²) in [4.78, 5) is 6.86. The molecule has 0 amide bonds. The number of hydrogen-bond donors (Lipinski definition) is 2. The van der Waals surface area contributed by atoms with Gasteiger partial charge in [0.1, 0.15) is 11.5 Å². The highest BCUT2D eigenvalue weighted by molar-refractivity contribution is 7.80. The number of thiocarbonyl (C=S) groups is 1. The predicted molar refractivity (Wildman–Crippen MR) is 146 cm³/mol. The van der Waals surface area contributed by atoms with Gasteiger partial charge in [-0.2, -0.15) is 0 Å². The molecule has 0 spiro atoms. The summed E-state index contributed by atoms with van der Waals surface area (Å²) in [7, 11) is 1.66. The van der Waals surface area contributed by atoms with E-state index in [2.05, 4.69) is 40.3 Å². The monoisotopic (exact) mass is 518 g/mol. The first-order chi connectivity index (χ1) is 17.4. The number of rotatable bonds is 6. The average molecular weight is 519 g/mol. The lowest BCUT2D eigenvalue weighted by atomic mass is 9.96. The van der Waals surface area contributed by atoms with Crippen LogP contribution in [0.1, 0.15) is 40.3 Å². The minimum Gasteiger partial charge on any atom is -0.506 e. The third-order valence-corrected chi connectivity index (χ3v) is 7.26. The van der Waals surface area contributed by atoms with Crippen molar-refractivity contribution in [3.05, 3.63) is 106 Å². The second-order valence-electron chi connectivity index (χ2n) is 8.90. The number of aromatic nitrogens is 2. The molecule has 1 saturated heterocycles. The largest absolute Gasteiger partial charge is 0.506 e. The lowest BCUT2D eigenvalue weighted by molar-refractivity contribution is 0.310. The smallest absolute Gasteiger partial charge is 0.170 e. The van der Waals surface area contributed by atoms with E-state index in [1.807, 2.05) is 41.8 Å². The molecule has 5 rings (SSSR count). The summed E-state index contributed by atoms with van der Waals surface area (Å²) in [5, 5.41) is 15.4. The Kier molecular flexibility index (Phi) is 6.60. The van der Waals surface area contributed by atoms with Gasteiger partial charge in [-0.1, -0.05) is 29.8 Å². The van der Waals surface area contributed by atoms with E-state index in [1.165, 1.54) is 0 Å². The van der Waals surface area contributed by atoms with Crippen LogP contribution in [0.2, 0.25) is 5.02 Å². The van der Waals surface area contributed by atoms with Gasteiger partial charge in [-0.15, -0.1) is 0 Å². The Bertz CT molecular complexity index is 1410. The summed E-state index contributed by atoms with van der Waals surface area (Å²) in [6, 6.07) is 20.9. The Balaban J connectivity index is 1.61. The van der Waals surface area contributed by atoms with Crippen LogP contribution >= 0.6 is 23.8 Å². The molecule has 0 bridgehead atoms. The zero-order valence-electron chi connectivity index (χ0n) is 20.3. The maximum atomic E-state index is 10.6. The highest BCUT2D eigenvalue weighted by Crippen LogP contribution is 2.43. The predicted octanol–water partition coefficient (Wildman–Crippen LogP) is 6.03. The Morgan fingerprint density at radius 1 is 1.08 bits per heavy atom. The molecule has 1 aliphatic heterocycles. The number of aryl methyl sites for hydroxylation is 1.